The van der Waals surface area contributed by atoms with Crippen LogP contribution in [-0.4, -0.2) is 29.0 Å². The highest BCUT2D eigenvalue weighted by Gasteiger charge is 2.18. The van der Waals surface area contributed by atoms with Crippen molar-refractivity contribution in [2.45, 2.75) is 44.9 Å². The van der Waals surface area contributed by atoms with Crippen LogP contribution in [-0.2, 0) is 0 Å². The molecule has 112 valence electrons. The van der Waals surface area contributed by atoms with E-state index < -0.39 is 0 Å². The summed E-state index contributed by atoms with van der Waals surface area (Å²) < 4.78 is 0. The summed E-state index contributed by atoms with van der Waals surface area (Å²) in [4.78, 5) is 10.3. The van der Waals surface area contributed by atoms with E-state index in [1.165, 1.54) is 42.3 Å². The van der Waals surface area contributed by atoms with Crippen LogP contribution in [0.4, 0.5) is 0 Å². The Morgan fingerprint density at radius 3 is 2.76 bits per heavy atom. The third-order valence-electron chi connectivity index (χ3n) is 4.47. The molecule has 3 rings (SSSR count). The number of nitrogens with one attached hydrogen (secondary N) is 1. The number of pyridine rings is 1. The standard InChI is InChI=1S/C18H25N3/c1-4-7-17(21(2)3)16-11-14-10-15(12-19-18(14)20-16)13-8-5-6-9-13/h7,10-13H,4-6,8-9H2,1-3H3,(H,19,20)/b17-7-. The number of rotatable bonds is 4. The van der Waals surface area contributed by atoms with Crippen LogP contribution in [0.1, 0.15) is 56.2 Å². The minimum absolute atomic E-state index is 0.722. The van der Waals surface area contributed by atoms with Gasteiger partial charge in [0.2, 0.25) is 0 Å². The van der Waals surface area contributed by atoms with E-state index >= 15 is 0 Å². The van der Waals surface area contributed by atoms with E-state index in [0.29, 0.717) is 0 Å². The van der Waals surface area contributed by atoms with E-state index in [2.05, 4.69) is 60.3 Å². The third-order valence-corrected chi connectivity index (χ3v) is 4.47. The van der Waals surface area contributed by atoms with Gasteiger partial charge in [-0.25, -0.2) is 4.98 Å². The molecule has 0 unspecified atom stereocenters. The molecule has 3 nitrogen and oxygen atoms in total. The summed E-state index contributed by atoms with van der Waals surface area (Å²) in [5.74, 6) is 0.722. The Hall–Kier alpha value is -1.77. The number of hydrogen-bond acceptors (Lipinski definition) is 2. The minimum Gasteiger partial charge on any atom is -0.376 e. The molecule has 2 aromatic rings. The van der Waals surface area contributed by atoms with E-state index in [0.717, 1.165) is 23.7 Å². The van der Waals surface area contributed by atoms with Crippen molar-refractivity contribution in [2.75, 3.05) is 14.1 Å². The first kappa shape index (κ1) is 14.2. The van der Waals surface area contributed by atoms with Gasteiger partial charge < -0.3 is 9.88 Å². The predicted octanol–water partition coefficient (Wildman–Crippen LogP) is 4.53. The molecule has 0 aliphatic heterocycles. The van der Waals surface area contributed by atoms with Crippen molar-refractivity contribution in [1.82, 2.24) is 14.9 Å². The Morgan fingerprint density at radius 2 is 2.10 bits per heavy atom. The van der Waals surface area contributed by atoms with Crippen LogP contribution >= 0.6 is 0 Å². The molecule has 1 aliphatic carbocycles. The Bertz CT molecular complexity index is 646. The predicted molar refractivity (Wildman–Crippen MR) is 89.3 cm³/mol. The van der Waals surface area contributed by atoms with Crippen molar-refractivity contribution in [1.29, 1.82) is 0 Å². The monoisotopic (exact) mass is 283 g/mol. The highest BCUT2D eigenvalue weighted by atomic mass is 15.1. The zero-order chi connectivity index (χ0) is 14.8. The number of nitrogens with zero attached hydrogens (tertiary/aromatic N) is 2. The van der Waals surface area contributed by atoms with E-state index in [1.54, 1.807) is 0 Å². The van der Waals surface area contributed by atoms with Crippen molar-refractivity contribution in [2.24, 2.45) is 0 Å². The molecule has 0 aromatic carbocycles. The maximum Gasteiger partial charge on any atom is 0.137 e. The van der Waals surface area contributed by atoms with Crippen LogP contribution in [0.3, 0.4) is 0 Å². The molecular formula is C18H25N3. The van der Waals surface area contributed by atoms with Crippen molar-refractivity contribution < 1.29 is 0 Å². The first-order valence-electron chi connectivity index (χ1n) is 8.05. The molecule has 0 amide bonds. The lowest BCUT2D eigenvalue weighted by Gasteiger charge is -2.15. The molecular weight excluding hydrogens is 258 g/mol. The molecule has 0 radical (unpaired) electrons. The van der Waals surface area contributed by atoms with Gasteiger partial charge >= 0.3 is 0 Å². The van der Waals surface area contributed by atoms with Crippen molar-refractivity contribution >= 4 is 16.7 Å². The van der Waals surface area contributed by atoms with Crippen LogP contribution in [0.5, 0.6) is 0 Å². The summed E-state index contributed by atoms with van der Waals surface area (Å²) in [5.41, 5.74) is 4.80. The molecule has 0 atom stereocenters. The van der Waals surface area contributed by atoms with Crippen LogP contribution in [0.15, 0.2) is 24.4 Å². The van der Waals surface area contributed by atoms with Gasteiger partial charge in [-0.1, -0.05) is 25.8 Å². The van der Waals surface area contributed by atoms with Gasteiger partial charge in [-0.15, -0.1) is 0 Å². The van der Waals surface area contributed by atoms with Gasteiger partial charge in [0.15, 0.2) is 0 Å². The summed E-state index contributed by atoms with van der Waals surface area (Å²) >= 11 is 0. The van der Waals surface area contributed by atoms with E-state index in [9.17, 15) is 0 Å². The topological polar surface area (TPSA) is 31.9 Å². The van der Waals surface area contributed by atoms with Gasteiger partial charge in [-0.05, 0) is 42.9 Å². The fourth-order valence-corrected chi connectivity index (χ4v) is 3.38. The summed E-state index contributed by atoms with van der Waals surface area (Å²) in [7, 11) is 4.18. The Labute approximate surface area is 127 Å². The first-order valence-corrected chi connectivity index (χ1v) is 8.05. The second kappa shape index (κ2) is 5.92. The number of H-pyrrole nitrogens is 1. The molecule has 1 fully saturated rings. The maximum atomic E-state index is 4.65. The molecule has 2 aromatic heterocycles. The number of allylic oxidation sites excluding steroid dienone is 1. The Balaban J connectivity index is 1.97. The molecule has 1 saturated carbocycles. The Kier molecular flexibility index (Phi) is 4.00. The molecule has 2 heterocycles. The fraction of sp³-hybridized carbons (Fsp3) is 0.500. The van der Waals surface area contributed by atoms with E-state index in [1.807, 2.05) is 0 Å². The van der Waals surface area contributed by atoms with Gasteiger partial charge in [-0.3, -0.25) is 0 Å². The number of fused-ring (bicyclic) bond motifs is 1. The van der Waals surface area contributed by atoms with Gasteiger partial charge in [0.25, 0.3) is 0 Å². The number of aromatic nitrogens is 2. The van der Waals surface area contributed by atoms with Crippen molar-refractivity contribution in [3.8, 4) is 0 Å². The summed E-state index contributed by atoms with van der Waals surface area (Å²) in [6.45, 7) is 2.17. The summed E-state index contributed by atoms with van der Waals surface area (Å²) in [6, 6.07) is 4.57. The van der Waals surface area contributed by atoms with E-state index in [4.69, 9.17) is 0 Å². The summed E-state index contributed by atoms with van der Waals surface area (Å²) in [6.07, 6.45) is 10.7. The second-order valence-electron chi connectivity index (χ2n) is 6.26. The zero-order valence-electron chi connectivity index (χ0n) is 13.3. The fourth-order valence-electron chi connectivity index (χ4n) is 3.38. The number of aromatic amines is 1. The molecule has 1 aliphatic rings. The molecule has 1 N–H and O–H groups in total. The highest BCUT2D eigenvalue weighted by Crippen LogP contribution is 2.35. The van der Waals surface area contributed by atoms with Gasteiger partial charge in [0.05, 0.1) is 11.4 Å². The quantitative estimate of drug-likeness (QED) is 0.893. The van der Waals surface area contributed by atoms with Gasteiger partial charge in [0.1, 0.15) is 5.65 Å². The average molecular weight is 283 g/mol. The normalized spacial score (nSPS) is 16.8. The van der Waals surface area contributed by atoms with Crippen molar-refractivity contribution in [3.05, 3.63) is 35.7 Å². The number of hydrogen-bond donors (Lipinski definition) is 1. The van der Waals surface area contributed by atoms with Gasteiger partial charge in [0, 0.05) is 25.7 Å². The lowest BCUT2D eigenvalue weighted by molar-refractivity contribution is 0.587. The molecule has 0 saturated heterocycles. The van der Waals surface area contributed by atoms with Crippen LogP contribution in [0.2, 0.25) is 0 Å². The lowest BCUT2D eigenvalue weighted by atomic mass is 9.99. The summed E-state index contributed by atoms with van der Waals surface area (Å²) in [5, 5.41) is 1.23. The third kappa shape index (κ3) is 2.82. The van der Waals surface area contributed by atoms with Crippen molar-refractivity contribution in [3.63, 3.8) is 0 Å². The maximum absolute atomic E-state index is 4.65. The van der Waals surface area contributed by atoms with Gasteiger partial charge in [-0.2, -0.15) is 0 Å². The minimum atomic E-state index is 0.722. The second-order valence-corrected chi connectivity index (χ2v) is 6.26. The highest BCUT2D eigenvalue weighted by molar-refractivity contribution is 5.82. The molecule has 3 heteroatoms. The zero-order valence-corrected chi connectivity index (χ0v) is 13.3. The van der Waals surface area contributed by atoms with Crippen LogP contribution in [0, 0.1) is 0 Å². The first-order chi connectivity index (χ1) is 10.2. The largest absolute Gasteiger partial charge is 0.376 e. The Morgan fingerprint density at radius 1 is 1.33 bits per heavy atom. The van der Waals surface area contributed by atoms with Crippen LogP contribution < -0.4 is 0 Å². The molecule has 0 spiro atoms. The SMILES string of the molecule is CC/C=C(/c1cc2cc(C3CCCC3)cnc2[nH]1)N(C)C. The smallest absolute Gasteiger partial charge is 0.137 e. The molecule has 21 heavy (non-hydrogen) atoms. The van der Waals surface area contributed by atoms with Crippen LogP contribution in [0.25, 0.3) is 16.7 Å². The lowest BCUT2D eigenvalue weighted by Crippen LogP contribution is -2.10. The molecule has 0 bridgehead atoms. The average Bonchev–Trinajstić information content (AvgIpc) is 3.12. The van der Waals surface area contributed by atoms with E-state index in [-0.39, 0.29) is 0 Å².